The molecule has 2 aromatic carbocycles. The van der Waals surface area contributed by atoms with Crippen LogP contribution in [0.15, 0.2) is 54.9 Å². The molecular weight excluding hydrogens is 395 g/mol. The van der Waals surface area contributed by atoms with Crippen LogP contribution >= 0.6 is 0 Å². The number of nitrogens with zero attached hydrogens (tertiary/aromatic N) is 1. The fourth-order valence-corrected chi connectivity index (χ4v) is 4.36. The minimum absolute atomic E-state index is 0.206. The number of carbonyl (C=O) groups excluding carboxylic acids is 2. The third-order valence-electron chi connectivity index (χ3n) is 5.74. The summed E-state index contributed by atoms with van der Waals surface area (Å²) in [5.74, 6) is -1.40. The van der Waals surface area contributed by atoms with Crippen molar-refractivity contribution in [3.8, 4) is 0 Å². The molecule has 0 saturated carbocycles. The number of para-hydroxylation sites is 1. The highest BCUT2D eigenvalue weighted by atomic mass is 19.1. The molecule has 0 unspecified atom stereocenters. The van der Waals surface area contributed by atoms with E-state index in [2.05, 4.69) is 15.6 Å². The normalized spacial score (nSPS) is 14.3. The highest BCUT2D eigenvalue weighted by Crippen LogP contribution is 2.39. The Kier molecular flexibility index (Phi) is 4.67. The van der Waals surface area contributed by atoms with Crippen LogP contribution < -0.4 is 10.6 Å². The zero-order valence-electron chi connectivity index (χ0n) is 17.0. The zero-order chi connectivity index (χ0) is 21.5. The van der Waals surface area contributed by atoms with Gasteiger partial charge in [-0.2, -0.15) is 0 Å². The Morgan fingerprint density at radius 2 is 1.77 bits per heavy atom. The molecule has 0 atom stereocenters. The molecule has 0 bridgehead atoms. The molecule has 0 spiro atoms. The molecule has 3 heterocycles. The first kappa shape index (κ1) is 19.3. The quantitative estimate of drug-likeness (QED) is 0.333. The Balaban J connectivity index is 1.77. The van der Waals surface area contributed by atoms with Gasteiger partial charge in [-0.1, -0.05) is 24.3 Å². The van der Waals surface area contributed by atoms with Gasteiger partial charge in [0.05, 0.1) is 16.7 Å². The van der Waals surface area contributed by atoms with Crippen molar-refractivity contribution in [2.45, 2.75) is 13.0 Å². The number of hydrogen-bond acceptors (Lipinski definition) is 3. The van der Waals surface area contributed by atoms with E-state index in [9.17, 15) is 14.0 Å². The fourth-order valence-electron chi connectivity index (χ4n) is 4.36. The number of aromatic amines is 1. The first-order chi connectivity index (χ1) is 15.1. The standard InChI is InChI=1S/C24H21FN4O2/c1-26-10-5-11-29-13-16(20-17(25)7-4-9-19(20)29)22-21(23(30)28-24(22)31)15-12-27-18-8-3-2-6-14(15)18/h2-4,6-9,12-13,26-27H,5,10-11H2,1H3,(H,28,30,31). The van der Waals surface area contributed by atoms with Crippen molar-refractivity contribution >= 4 is 44.8 Å². The van der Waals surface area contributed by atoms with Gasteiger partial charge in [-0.15, -0.1) is 0 Å². The molecule has 2 aromatic heterocycles. The van der Waals surface area contributed by atoms with E-state index in [0.717, 1.165) is 23.9 Å². The lowest BCUT2D eigenvalue weighted by Crippen LogP contribution is -2.22. The molecule has 2 amide bonds. The van der Waals surface area contributed by atoms with Gasteiger partial charge in [-0.25, -0.2) is 4.39 Å². The SMILES string of the molecule is CNCCCn1cc(C2=C(c3c[nH]c4ccccc34)C(=O)NC2=O)c2c(F)cccc21. The highest BCUT2D eigenvalue weighted by Gasteiger charge is 2.35. The molecule has 3 N–H and O–H groups in total. The molecule has 0 saturated heterocycles. The van der Waals surface area contributed by atoms with Crippen LogP contribution in [0, 0.1) is 5.82 Å². The van der Waals surface area contributed by atoms with Crippen LogP contribution in [0.25, 0.3) is 33.0 Å². The lowest BCUT2D eigenvalue weighted by atomic mass is 9.95. The van der Waals surface area contributed by atoms with Gasteiger partial charge >= 0.3 is 0 Å². The molecular formula is C24H21FN4O2. The molecule has 5 rings (SSSR count). The van der Waals surface area contributed by atoms with Crippen LogP contribution in [-0.2, 0) is 16.1 Å². The van der Waals surface area contributed by atoms with Crippen molar-refractivity contribution < 1.29 is 14.0 Å². The van der Waals surface area contributed by atoms with E-state index in [1.807, 2.05) is 41.9 Å². The van der Waals surface area contributed by atoms with Gasteiger partial charge in [-0.05, 0) is 38.2 Å². The average Bonchev–Trinajstić information content (AvgIpc) is 3.42. The number of hydrogen-bond donors (Lipinski definition) is 3. The molecule has 6 nitrogen and oxygen atoms in total. The summed E-state index contributed by atoms with van der Waals surface area (Å²) in [5.41, 5.74) is 3.08. The number of nitrogens with one attached hydrogen (secondary N) is 3. The maximum absolute atomic E-state index is 15.0. The maximum Gasteiger partial charge on any atom is 0.259 e. The van der Waals surface area contributed by atoms with Gasteiger partial charge in [-0.3, -0.25) is 14.9 Å². The number of imide groups is 1. The lowest BCUT2D eigenvalue weighted by Gasteiger charge is -2.04. The van der Waals surface area contributed by atoms with Crippen molar-refractivity contribution in [1.29, 1.82) is 0 Å². The molecule has 4 aromatic rings. The van der Waals surface area contributed by atoms with Gasteiger partial charge in [0.1, 0.15) is 5.82 Å². The van der Waals surface area contributed by atoms with Gasteiger partial charge in [0.15, 0.2) is 0 Å². The molecule has 156 valence electrons. The van der Waals surface area contributed by atoms with Crippen molar-refractivity contribution in [1.82, 2.24) is 20.2 Å². The topological polar surface area (TPSA) is 78.9 Å². The predicted octanol–water partition coefficient (Wildman–Crippen LogP) is 3.44. The zero-order valence-corrected chi connectivity index (χ0v) is 17.0. The van der Waals surface area contributed by atoms with Crippen molar-refractivity contribution in [3.63, 3.8) is 0 Å². The highest BCUT2D eigenvalue weighted by molar-refractivity contribution is 6.50. The van der Waals surface area contributed by atoms with Crippen LogP contribution in [0.2, 0.25) is 0 Å². The fraction of sp³-hybridized carbons (Fsp3) is 0.167. The number of benzene rings is 2. The molecule has 0 aliphatic carbocycles. The number of halogens is 1. The average molecular weight is 416 g/mol. The van der Waals surface area contributed by atoms with Crippen LogP contribution in [0.5, 0.6) is 0 Å². The van der Waals surface area contributed by atoms with Crippen LogP contribution in [0.3, 0.4) is 0 Å². The van der Waals surface area contributed by atoms with E-state index < -0.39 is 17.6 Å². The molecule has 1 aliphatic rings. The number of rotatable bonds is 6. The molecule has 31 heavy (non-hydrogen) atoms. The Morgan fingerprint density at radius 1 is 1.00 bits per heavy atom. The summed E-state index contributed by atoms with van der Waals surface area (Å²) in [6.45, 7) is 1.47. The Morgan fingerprint density at radius 3 is 2.58 bits per heavy atom. The Labute approximate surface area is 177 Å². The number of amides is 2. The van der Waals surface area contributed by atoms with Gasteiger partial charge in [0.2, 0.25) is 0 Å². The molecule has 0 fully saturated rings. The van der Waals surface area contributed by atoms with E-state index in [0.29, 0.717) is 28.6 Å². The van der Waals surface area contributed by atoms with Gasteiger partial charge in [0.25, 0.3) is 11.8 Å². The van der Waals surface area contributed by atoms with Crippen molar-refractivity contribution in [3.05, 3.63) is 71.8 Å². The Bertz CT molecular complexity index is 1380. The summed E-state index contributed by atoms with van der Waals surface area (Å²) in [7, 11) is 1.88. The van der Waals surface area contributed by atoms with Crippen LogP contribution in [0.4, 0.5) is 4.39 Å². The number of aryl methyl sites for hydroxylation is 1. The van der Waals surface area contributed by atoms with E-state index in [4.69, 9.17) is 0 Å². The van der Waals surface area contributed by atoms with Crippen molar-refractivity contribution in [2.24, 2.45) is 0 Å². The van der Waals surface area contributed by atoms with E-state index in [1.165, 1.54) is 6.07 Å². The number of aromatic nitrogens is 2. The predicted molar refractivity (Wildman–Crippen MR) is 119 cm³/mol. The summed E-state index contributed by atoms with van der Waals surface area (Å²) in [6.07, 6.45) is 4.35. The van der Waals surface area contributed by atoms with Gasteiger partial charge in [0, 0.05) is 46.4 Å². The lowest BCUT2D eigenvalue weighted by molar-refractivity contribution is -0.122. The second-order valence-corrected chi connectivity index (χ2v) is 7.61. The van der Waals surface area contributed by atoms with Crippen molar-refractivity contribution in [2.75, 3.05) is 13.6 Å². The first-order valence-corrected chi connectivity index (χ1v) is 10.2. The summed E-state index contributed by atoms with van der Waals surface area (Å²) in [6, 6.07) is 12.4. The van der Waals surface area contributed by atoms with E-state index in [1.54, 1.807) is 18.5 Å². The largest absolute Gasteiger partial charge is 0.361 e. The maximum atomic E-state index is 15.0. The minimum atomic E-state index is -0.511. The van der Waals surface area contributed by atoms with Crippen LogP contribution in [-0.4, -0.2) is 35.0 Å². The second kappa shape index (κ2) is 7.52. The number of fused-ring (bicyclic) bond motifs is 2. The number of carbonyl (C=O) groups is 2. The van der Waals surface area contributed by atoms with E-state index >= 15 is 0 Å². The molecule has 7 heteroatoms. The smallest absolute Gasteiger partial charge is 0.259 e. The third kappa shape index (κ3) is 3.05. The van der Waals surface area contributed by atoms with Crippen LogP contribution in [0.1, 0.15) is 17.5 Å². The number of H-pyrrole nitrogens is 1. The summed E-state index contributed by atoms with van der Waals surface area (Å²) in [4.78, 5) is 28.9. The third-order valence-corrected chi connectivity index (χ3v) is 5.74. The minimum Gasteiger partial charge on any atom is -0.361 e. The molecule has 1 aliphatic heterocycles. The monoisotopic (exact) mass is 416 g/mol. The Hall–Kier alpha value is -3.71. The summed E-state index contributed by atoms with van der Waals surface area (Å²) >= 11 is 0. The first-order valence-electron chi connectivity index (χ1n) is 10.2. The van der Waals surface area contributed by atoms with E-state index in [-0.39, 0.29) is 11.1 Å². The summed E-state index contributed by atoms with van der Waals surface area (Å²) < 4.78 is 16.9. The second-order valence-electron chi connectivity index (χ2n) is 7.61. The van der Waals surface area contributed by atoms with Gasteiger partial charge < -0.3 is 14.9 Å². The summed E-state index contributed by atoms with van der Waals surface area (Å²) in [5, 5.41) is 6.70. The molecule has 0 radical (unpaired) electrons.